The molecule has 2 unspecified atom stereocenters. The SMILES string of the molecule is COc1nccc(N(C)C)c1NC1CC(C)N(C)C1. The number of nitrogens with zero attached hydrogens (tertiary/aromatic N) is 3. The van der Waals surface area contributed by atoms with Crippen molar-refractivity contribution >= 4 is 11.4 Å². The molecule has 5 nitrogen and oxygen atoms in total. The summed E-state index contributed by atoms with van der Waals surface area (Å²) in [6.07, 6.45) is 2.92. The highest BCUT2D eigenvalue weighted by atomic mass is 16.5. The second kappa shape index (κ2) is 5.65. The van der Waals surface area contributed by atoms with E-state index >= 15 is 0 Å². The Morgan fingerprint density at radius 3 is 2.74 bits per heavy atom. The average Bonchev–Trinajstić information content (AvgIpc) is 2.68. The van der Waals surface area contributed by atoms with Gasteiger partial charge in [-0.05, 0) is 26.5 Å². The molecular formula is C14H24N4O. The minimum absolute atomic E-state index is 0.441. The van der Waals surface area contributed by atoms with Crippen molar-refractivity contribution < 1.29 is 4.74 Å². The van der Waals surface area contributed by atoms with Gasteiger partial charge in [0.05, 0.1) is 12.8 Å². The molecule has 0 amide bonds. The highest BCUT2D eigenvalue weighted by Gasteiger charge is 2.27. The fourth-order valence-corrected chi connectivity index (χ4v) is 2.60. The monoisotopic (exact) mass is 264 g/mol. The van der Waals surface area contributed by atoms with Crippen molar-refractivity contribution in [2.75, 3.05) is 45.0 Å². The maximum absolute atomic E-state index is 5.39. The van der Waals surface area contributed by atoms with Gasteiger partial charge in [0.25, 0.3) is 0 Å². The Bertz CT molecular complexity index is 425. The highest BCUT2D eigenvalue weighted by molar-refractivity contribution is 5.74. The largest absolute Gasteiger partial charge is 0.479 e. The van der Waals surface area contributed by atoms with Gasteiger partial charge in [0.1, 0.15) is 5.69 Å². The Morgan fingerprint density at radius 2 is 2.21 bits per heavy atom. The normalized spacial score (nSPS) is 23.4. The van der Waals surface area contributed by atoms with Gasteiger partial charge in [-0.15, -0.1) is 0 Å². The zero-order valence-electron chi connectivity index (χ0n) is 12.5. The van der Waals surface area contributed by atoms with Crippen molar-refractivity contribution in [3.63, 3.8) is 0 Å². The van der Waals surface area contributed by atoms with Gasteiger partial charge in [-0.25, -0.2) is 4.98 Å². The summed E-state index contributed by atoms with van der Waals surface area (Å²) in [5.41, 5.74) is 2.09. The molecular weight excluding hydrogens is 240 g/mol. The Balaban J connectivity index is 2.23. The zero-order valence-corrected chi connectivity index (χ0v) is 12.5. The first-order valence-corrected chi connectivity index (χ1v) is 6.70. The van der Waals surface area contributed by atoms with Gasteiger partial charge in [0.2, 0.25) is 5.88 Å². The number of hydrogen-bond acceptors (Lipinski definition) is 5. The number of likely N-dealkylation sites (N-methyl/N-ethyl adjacent to an activating group) is 1. The van der Waals surface area contributed by atoms with Crippen molar-refractivity contribution in [3.8, 4) is 5.88 Å². The zero-order chi connectivity index (χ0) is 14.0. The van der Waals surface area contributed by atoms with E-state index in [1.807, 2.05) is 20.2 Å². The molecule has 0 spiro atoms. The Morgan fingerprint density at radius 1 is 1.47 bits per heavy atom. The van der Waals surface area contributed by atoms with Gasteiger partial charge in [0, 0.05) is 38.9 Å². The van der Waals surface area contributed by atoms with Crippen LogP contribution in [0.15, 0.2) is 12.3 Å². The van der Waals surface area contributed by atoms with Crippen LogP contribution in [-0.4, -0.2) is 56.8 Å². The Hall–Kier alpha value is -1.49. The van der Waals surface area contributed by atoms with Gasteiger partial charge in [-0.3, -0.25) is 0 Å². The third-order valence-corrected chi connectivity index (χ3v) is 3.80. The van der Waals surface area contributed by atoms with Crippen molar-refractivity contribution in [3.05, 3.63) is 12.3 Å². The highest BCUT2D eigenvalue weighted by Crippen LogP contribution is 2.34. The maximum Gasteiger partial charge on any atom is 0.239 e. The van der Waals surface area contributed by atoms with E-state index in [1.165, 1.54) is 0 Å². The number of anilines is 2. The molecule has 1 aromatic rings. The third kappa shape index (κ3) is 2.92. The molecule has 2 atom stereocenters. The standard InChI is InChI=1S/C14H24N4O/c1-10-8-11(9-18(10)4)16-13-12(17(2)3)6-7-15-14(13)19-5/h6-7,10-11,16H,8-9H2,1-5H3. The van der Waals surface area contributed by atoms with E-state index in [-0.39, 0.29) is 0 Å². The maximum atomic E-state index is 5.39. The van der Waals surface area contributed by atoms with E-state index in [2.05, 4.69) is 34.1 Å². The summed E-state index contributed by atoms with van der Waals surface area (Å²) in [6.45, 7) is 3.31. The molecule has 0 aromatic carbocycles. The minimum Gasteiger partial charge on any atom is -0.479 e. The minimum atomic E-state index is 0.441. The Kier molecular flexibility index (Phi) is 4.14. The molecule has 1 aromatic heterocycles. The molecule has 19 heavy (non-hydrogen) atoms. The number of aromatic nitrogens is 1. The number of likely N-dealkylation sites (tertiary alicyclic amines) is 1. The molecule has 1 N–H and O–H groups in total. The summed E-state index contributed by atoms with van der Waals surface area (Å²) in [6, 6.07) is 3.06. The summed E-state index contributed by atoms with van der Waals surface area (Å²) >= 11 is 0. The van der Waals surface area contributed by atoms with E-state index in [9.17, 15) is 0 Å². The van der Waals surface area contributed by atoms with Crippen molar-refractivity contribution in [1.29, 1.82) is 0 Å². The number of methoxy groups -OCH3 is 1. The van der Waals surface area contributed by atoms with E-state index in [1.54, 1.807) is 13.3 Å². The van der Waals surface area contributed by atoms with E-state index in [0.717, 1.165) is 24.3 Å². The number of nitrogens with one attached hydrogen (secondary N) is 1. The second-order valence-electron chi connectivity index (χ2n) is 5.47. The molecule has 1 aliphatic heterocycles. The predicted molar refractivity (Wildman–Crippen MR) is 79.2 cm³/mol. The van der Waals surface area contributed by atoms with Crippen LogP contribution in [0.3, 0.4) is 0 Å². The fraction of sp³-hybridized carbons (Fsp3) is 0.643. The van der Waals surface area contributed by atoms with E-state index < -0.39 is 0 Å². The molecule has 106 valence electrons. The average molecular weight is 264 g/mol. The number of rotatable bonds is 4. The van der Waals surface area contributed by atoms with Crippen molar-refractivity contribution in [1.82, 2.24) is 9.88 Å². The summed E-state index contributed by atoms with van der Waals surface area (Å²) in [4.78, 5) is 8.74. The van der Waals surface area contributed by atoms with Crippen LogP contribution in [0.2, 0.25) is 0 Å². The summed E-state index contributed by atoms with van der Waals surface area (Å²) in [5.74, 6) is 0.661. The lowest BCUT2D eigenvalue weighted by molar-refractivity contribution is 0.330. The van der Waals surface area contributed by atoms with Gasteiger partial charge < -0.3 is 19.9 Å². The molecule has 0 bridgehead atoms. The lowest BCUT2D eigenvalue weighted by Crippen LogP contribution is -2.26. The van der Waals surface area contributed by atoms with Gasteiger partial charge in [-0.2, -0.15) is 0 Å². The number of ether oxygens (including phenoxy) is 1. The Labute approximate surface area is 115 Å². The van der Waals surface area contributed by atoms with Crippen LogP contribution >= 0.6 is 0 Å². The molecule has 1 saturated heterocycles. The van der Waals surface area contributed by atoms with Crippen LogP contribution in [0.4, 0.5) is 11.4 Å². The molecule has 5 heteroatoms. The van der Waals surface area contributed by atoms with Crippen LogP contribution < -0.4 is 15.0 Å². The van der Waals surface area contributed by atoms with Crippen molar-refractivity contribution in [2.24, 2.45) is 0 Å². The van der Waals surface area contributed by atoms with Gasteiger partial charge in [0.15, 0.2) is 0 Å². The quantitative estimate of drug-likeness (QED) is 0.895. The number of hydrogen-bond donors (Lipinski definition) is 1. The van der Waals surface area contributed by atoms with Crippen LogP contribution in [0.5, 0.6) is 5.88 Å². The first-order valence-electron chi connectivity index (χ1n) is 6.70. The lowest BCUT2D eigenvalue weighted by Gasteiger charge is -2.22. The first kappa shape index (κ1) is 13.9. The smallest absolute Gasteiger partial charge is 0.239 e. The van der Waals surface area contributed by atoms with E-state index in [0.29, 0.717) is 18.0 Å². The van der Waals surface area contributed by atoms with Gasteiger partial charge >= 0.3 is 0 Å². The van der Waals surface area contributed by atoms with Crippen LogP contribution in [0.1, 0.15) is 13.3 Å². The molecule has 0 saturated carbocycles. The lowest BCUT2D eigenvalue weighted by atomic mass is 10.2. The van der Waals surface area contributed by atoms with Crippen LogP contribution in [0.25, 0.3) is 0 Å². The number of pyridine rings is 1. The van der Waals surface area contributed by atoms with Gasteiger partial charge in [-0.1, -0.05) is 0 Å². The third-order valence-electron chi connectivity index (χ3n) is 3.80. The fourth-order valence-electron chi connectivity index (χ4n) is 2.60. The predicted octanol–water partition coefficient (Wildman–Crippen LogP) is 1.66. The molecule has 2 heterocycles. The molecule has 0 aliphatic carbocycles. The molecule has 1 fully saturated rings. The molecule has 1 aliphatic rings. The van der Waals surface area contributed by atoms with Crippen LogP contribution in [0, 0.1) is 0 Å². The summed E-state index contributed by atoms with van der Waals surface area (Å²) in [7, 11) is 7.89. The van der Waals surface area contributed by atoms with Crippen molar-refractivity contribution in [2.45, 2.75) is 25.4 Å². The molecule has 2 rings (SSSR count). The van der Waals surface area contributed by atoms with Crippen LogP contribution in [-0.2, 0) is 0 Å². The summed E-state index contributed by atoms with van der Waals surface area (Å²) < 4.78 is 5.39. The van der Waals surface area contributed by atoms with E-state index in [4.69, 9.17) is 4.74 Å². The first-order chi connectivity index (χ1) is 9.02. The second-order valence-corrected chi connectivity index (χ2v) is 5.47. The summed E-state index contributed by atoms with van der Waals surface area (Å²) in [5, 5.41) is 3.60. The molecule has 0 radical (unpaired) electrons. The topological polar surface area (TPSA) is 40.6 Å².